The quantitative estimate of drug-likeness (QED) is 0.648. The highest BCUT2D eigenvalue weighted by Gasteiger charge is 2.23. The van der Waals surface area contributed by atoms with Gasteiger partial charge in [-0.05, 0) is 50.3 Å². The van der Waals surface area contributed by atoms with Gasteiger partial charge in [-0.15, -0.1) is 0 Å². The Hall–Kier alpha value is -2.55. The molecular weight excluding hydrogens is 262 g/mol. The molecule has 0 aliphatic carbocycles. The van der Waals surface area contributed by atoms with E-state index in [-0.39, 0.29) is 5.60 Å². The molecule has 3 heteroatoms. The number of benzene rings is 1. The lowest BCUT2D eigenvalue weighted by Crippen LogP contribution is -2.27. The van der Waals surface area contributed by atoms with Crippen LogP contribution in [0.25, 0.3) is 28.4 Å². The van der Waals surface area contributed by atoms with Gasteiger partial charge in [0, 0.05) is 28.9 Å². The molecule has 1 aliphatic rings. The zero-order valence-electron chi connectivity index (χ0n) is 12.0. The maximum Gasteiger partial charge on any atom is 0.135 e. The smallest absolute Gasteiger partial charge is 0.135 e. The molecular formula is C18H15NO2. The average Bonchev–Trinajstić information content (AvgIpc) is 2.91. The first kappa shape index (κ1) is 12.2. The van der Waals surface area contributed by atoms with Gasteiger partial charge in [0.25, 0.3) is 0 Å². The summed E-state index contributed by atoms with van der Waals surface area (Å²) in [5, 5.41) is 1.08. The minimum absolute atomic E-state index is 0.266. The fraction of sp³-hybridized carbons (Fsp3) is 0.167. The van der Waals surface area contributed by atoms with E-state index in [1.54, 1.807) is 12.4 Å². The van der Waals surface area contributed by atoms with Crippen molar-refractivity contribution in [1.29, 1.82) is 0 Å². The van der Waals surface area contributed by atoms with Crippen molar-refractivity contribution in [3.05, 3.63) is 54.4 Å². The van der Waals surface area contributed by atoms with Crippen LogP contribution in [-0.2, 0) is 0 Å². The van der Waals surface area contributed by atoms with E-state index in [9.17, 15) is 0 Å². The second-order valence-corrected chi connectivity index (χ2v) is 5.77. The third kappa shape index (κ3) is 2.02. The van der Waals surface area contributed by atoms with Crippen LogP contribution in [-0.4, -0.2) is 10.6 Å². The fourth-order valence-corrected chi connectivity index (χ4v) is 2.63. The lowest BCUT2D eigenvalue weighted by Gasteiger charge is -2.27. The van der Waals surface area contributed by atoms with Gasteiger partial charge >= 0.3 is 0 Å². The van der Waals surface area contributed by atoms with Crippen LogP contribution in [0.4, 0.5) is 0 Å². The van der Waals surface area contributed by atoms with Crippen molar-refractivity contribution in [1.82, 2.24) is 4.98 Å². The van der Waals surface area contributed by atoms with Crippen LogP contribution in [0.5, 0.6) is 5.75 Å². The van der Waals surface area contributed by atoms with E-state index in [0.29, 0.717) is 0 Å². The van der Waals surface area contributed by atoms with Crippen LogP contribution < -0.4 is 4.74 Å². The molecule has 0 atom stereocenters. The highest BCUT2D eigenvalue weighted by atomic mass is 16.5. The Morgan fingerprint density at radius 2 is 1.86 bits per heavy atom. The van der Waals surface area contributed by atoms with Crippen LogP contribution in [0.1, 0.15) is 19.4 Å². The van der Waals surface area contributed by atoms with Crippen LogP contribution in [0, 0.1) is 0 Å². The summed E-state index contributed by atoms with van der Waals surface area (Å²) in [6, 6.07) is 9.89. The number of aromatic nitrogens is 1. The number of pyridine rings is 1. The highest BCUT2D eigenvalue weighted by Crippen LogP contribution is 2.38. The molecule has 0 saturated carbocycles. The van der Waals surface area contributed by atoms with Crippen LogP contribution >= 0.6 is 0 Å². The predicted octanol–water partition coefficient (Wildman–Crippen LogP) is 4.68. The molecule has 21 heavy (non-hydrogen) atoms. The first-order valence-electron chi connectivity index (χ1n) is 6.98. The van der Waals surface area contributed by atoms with Crippen molar-refractivity contribution < 1.29 is 9.15 Å². The van der Waals surface area contributed by atoms with Crippen molar-refractivity contribution in [2.24, 2.45) is 0 Å². The Balaban J connectivity index is 1.90. The largest absolute Gasteiger partial charge is 0.483 e. The molecule has 0 radical (unpaired) electrons. The first-order valence-corrected chi connectivity index (χ1v) is 6.98. The van der Waals surface area contributed by atoms with E-state index in [2.05, 4.69) is 37.0 Å². The Labute approximate surface area is 122 Å². The monoisotopic (exact) mass is 277 g/mol. The van der Waals surface area contributed by atoms with Crippen LogP contribution in [0.15, 0.2) is 53.2 Å². The van der Waals surface area contributed by atoms with E-state index < -0.39 is 0 Å². The summed E-state index contributed by atoms with van der Waals surface area (Å²) < 4.78 is 12.0. The lowest BCUT2D eigenvalue weighted by molar-refractivity contribution is 0.159. The number of hydrogen-bond donors (Lipinski definition) is 0. The third-order valence-corrected chi connectivity index (χ3v) is 3.69. The minimum atomic E-state index is -0.266. The summed E-state index contributed by atoms with van der Waals surface area (Å²) in [6.07, 6.45) is 7.73. The Kier molecular flexibility index (Phi) is 2.45. The van der Waals surface area contributed by atoms with Gasteiger partial charge in [0.05, 0.1) is 0 Å². The molecule has 0 bridgehead atoms. The van der Waals surface area contributed by atoms with Gasteiger partial charge in [-0.3, -0.25) is 4.98 Å². The van der Waals surface area contributed by atoms with Crippen LogP contribution in [0.3, 0.4) is 0 Å². The zero-order chi connectivity index (χ0) is 14.4. The summed E-state index contributed by atoms with van der Waals surface area (Å²) in [5.74, 6) is 1.75. The van der Waals surface area contributed by atoms with E-state index >= 15 is 0 Å². The van der Waals surface area contributed by atoms with Crippen molar-refractivity contribution in [2.45, 2.75) is 19.4 Å². The maximum absolute atomic E-state index is 6.00. The number of fused-ring (bicyclic) bond motifs is 3. The summed E-state index contributed by atoms with van der Waals surface area (Å²) in [6.45, 7) is 4.10. The second kappa shape index (κ2) is 4.22. The molecule has 3 nitrogen and oxygen atoms in total. The summed E-state index contributed by atoms with van der Waals surface area (Å²) in [5.41, 5.74) is 2.71. The molecule has 4 rings (SSSR count). The Bertz CT molecular complexity index is 844. The van der Waals surface area contributed by atoms with E-state index in [4.69, 9.17) is 9.15 Å². The average molecular weight is 277 g/mol. The molecule has 3 aromatic rings. The van der Waals surface area contributed by atoms with Gasteiger partial charge in [-0.25, -0.2) is 0 Å². The summed E-state index contributed by atoms with van der Waals surface area (Å²) in [4.78, 5) is 4.04. The predicted molar refractivity (Wildman–Crippen MR) is 83.2 cm³/mol. The first-order chi connectivity index (χ1) is 10.1. The topological polar surface area (TPSA) is 35.3 Å². The lowest BCUT2D eigenvalue weighted by atomic mass is 10.00. The molecule has 0 saturated heterocycles. The van der Waals surface area contributed by atoms with Gasteiger partial charge in [0.2, 0.25) is 0 Å². The number of nitrogens with zero attached hydrogens (tertiary/aromatic N) is 1. The van der Waals surface area contributed by atoms with Gasteiger partial charge in [-0.2, -0.15) is 0 Å². The molecule has 0 spiro atoms. The summed E-state index contributed by atoms with van der Waals surface area (Å²) in [7, 11) is 0. The minimum Gasteiger partial charge on any atom is -0.483 e. The van der Waals surface area contributed by atoms with Gasteiger partial charge < -0.3 is 9.15 Å². The normalized spacial score (nSPS) is 15.7. The van der Waals surface area contributed by atoms with Crippen molar-refractivity contribution >= 4 is 17.0 Å². The number of ether oxygens (including phenoxy) is 1. The van der Waals surface area contributed by atoms with E-state index in [0.717, 1.165) is 33.6 Å². The Morgan fingerprint density at radius 1 is 1.05 bits per heavy atom. The zero-order valence-corrected chi connectivity index (χ0v) is 12.0. The van der Waals surface area contributed by atoms with E-state index in [1.165, 1.54) is 0 Å². The molecule has 0 unspecified atom stereocenters. The van der Waals surface area contributed by atoms with Gasteiger partial charge in [0.1, 0.15) is 22.7 Å². The second-order valence-electron chi connectivity index (χ2n) is 5.77. The van der Waals surface area contributed by atoms with Crippen molar-refractivity contribution in [3.8, 4) is 17.1 Å². The van der Waals surface area contributed by atoms with Crippen molar-refractivity contribution in [3.63, 3.8) is 0 Å². The van der Waals surface area contributed by atoms with Crippen molar-refractivity contribution in [2.75, 3.05) is 0 Å². The molecule has 0 fully saturated rings. The molecule has 104 valence electrons. The third-order valence-electron chi connectivity index (χ3n) is 3.69. The van der Waals surface area contributed by atoms with E-state index in [1.807, 2.05) is 24.3 Å². The highest BCUT2D eigenvalue weighted by molar-refractivity contribution is 5.93. The van der Waals surface area contributed by atoms with Crippen LogP contribution in [0.2, 0.25) is 0 Å². The molecule has 0 amide bonds. The molecule has 1 aliphatic heterocycles. The number of furan rings is 1. The summed E-state index contributed by atoms with van der Waals surface area (Å²) >= 11 is 0. The number of rotatable bonds is 1. The van der Waals surface area contributed by atoms with Gasteiger partial charge in [0.15, 0.2) is 0 Å². The molecule has 0 N–H and O–H groups in total. The Morgan fingerprint density at radius 3 is 2.67 bits per heavy atom. The molecule has 1 aromatic carbocycles. The number of hydrogen-bond acceptors (Lipinski definition) is 3. The van der Waals surface area contributed by atoms with Gasteiger partial charge in [-0.1, -0.05) is 6.08 Å². The molecule has 3 heterocycles. The maximum atomic E-state index is 6.00. The standard InChI is InChI=1S/C18H15NO2/c1-18(2)8-5-13-14-11-17(12-6-9-19-10-7-12)20-15(14)3-4-16(13)21-18/h3-11H,1-2H3. The SMILES string of the molecule is CC1(C)C=Cc2c(ccc3oc(-c4ccncc4)cc23)O1. The molecule has 2 aromatic heterocycles. The fourth-order valence-electron chi connectivity index (χ4n) is 2.63.